The molecular weight excluding hydrogens is 426 g/mol. The van der Waals surface area contributed by atoms with E-state index in [9.17, 15) is 8.78 Å². The second-order valence-electron chi connectivity index (χ2n) is 10.9. The molecular formula is C30H42F2Si. The fraction of sp³-hybridized carbons (Fsp3) is 0.600. The molecule has 1 heterocycles. The van der Waals surface area contributed by atoms with Gasteiger partial charge in [0.2, 0.25) is 0 Å². The summed E-state index contributed by atoms with van der Waals surface area (Å²) in [5.41, 5.74) is 3.10. The highest BCUT2D eigenvalue weighted by Crippen LogP contribution is 2.40. The van der Waals surface area contributed by atoms with Crippen molar-refractivity contribution in [1.29, 1.82) is 0 Å². The molecule has 2 aliphatic rings. The molecule has 0 radical (unpaired) electrons. The van der Waals surface area contributed by atoms with Crippen molar-refractivity contribution in [2.75, 3.05) is 0 Å². The zero-order valence-electron chi connectivity index (χ0n) is 20.5. The van der Waals surface area contributed by atoms with Crippen LogP contribution in [0, 0.1) is 23.5 Å². The van der Waals surface area contributed by atoms with Crippen LogP contribution >= 0.6 is 0 Å². The lowest BCUT2D eigenvalue weighted by atomic mass is 9.76. The number of hydrogen-bond donors (Lipinski definition) is 0. The molecule has 2 aromatic rings. The second kappa shape index (κ2) is 12.3. The molecule has 1 aliphatic heterocycles. The van der Waals surface area contributed by atoms with Crippen LogP contribution in [0.1, 0.15) is 89.0 Å². The van der Waals surface area contributed by atoms with Gasteiger partial charge in [0.25, 0.3) is 0 Å². The van der Waals surface area contributed by atoms with Crippen molar-refractivity contribution in [2.45, 2.75) is 102 Å². The van der Waals surface area contributed by atoms with Gasteiger partial charge in [-0.05, 0) is 72.3 Å². The molecule has 3 heteroatoms. The van der Waals surface area contributed by atoms with E-state index in [0.29, 0.717) is 5.92 Å². The van der Waals surface area contributed by atoms with Crippen LogP contribution in [0.2, 0.25) is 18.1 Å². The van der Waals surface area contributed by atoms with Gasteiger partial charge in [0.15, 0.2) is 11.6 Å². The van der Waals surface area contributed by atoms with Gasteiger partial charge in [-0.2, -0.15) is 0 Å². The Labute approximate surface area is 201 Å². The largest absolute Gasteiger partial charge is 0.204 e. The van der Waals surface area contributed by atoms with Crippen molar-refractivity contribution in [3.05, 3.63) is 59.7 Å². The van der Waals surface area contributed by atoms with Crippen LogP contribution in [0.4, 0.5) is 8.78 Å². The van der Waals surface area contributed by atoms with Crippen molar-refractivity contribution < 1.29 is 8.78 Å². The van der Waals surface area contributed by atoms with Gasteiger partial charge >= 0.3 is 0 Å². The Morgan fingerprint density at radius 1 is 0.727 bits per heavy atom. The van der Waals surface area contributed by atoms with Crippen LogP contribution < -0.4 is 0 Å². The molecule has 0 atom stereocenters. The standard InChI is InChI=1S/C30H42F2Si/c1-2-3-4-19-33-20-17-24(18-21-33)6-5-23-7-9-25(10-8-23)26-11-13-27(14-12-26)28-15-16-29(31)30(32)22-28/h11-16,22-25,33H,2-10,17-21H2,1H3. The van der Waals surface area contributed by atoms with Gasteiger partial charge in [-0.15, -0.1) is 0 Å². The molecule has 2 aromatic carbocycles. The maximum Gasteiger partial charge on any atom is 0.159 e. The quantitative estimate of drug-likeness (QED) is 0.254. The van der Waals surface area contributed by atoms with Gasteiger partial charge in [0, 0.05) is 8.80 Å². The normalized spacial score (nSPS) is 25.8. The number of hydrogen-bond acceptors (Lipinski definition) is 0. The lowest BCUT2D eigenvalue weighted by Gasteiger charge is -2.32. The lowest BCUT2D eigenvalue weighted by molar-refractivity contribution is 0.280. The van der Waals surface area contributed by atoms with E-state index in [2.05, 4.69) is 31.2 Å². The molecule has 0 aromatic heterocycles. The van der Waals surface area contributed by atoms with Crippen molar-refractivity contribution in [3.63, 3.8) is 0 Å². The average Bonchev–Trinajstić information content (AvgIpc) is 2.86. The molecule has 180 valence electrons. The van der Waals surface area contributed by atoms with Gasteiger partial charge in [-0.25, -0.2) is 8.78 Å². The topological polar surface area (TPSA) is 0 Å². The monoisotopic (exact) mass is 468 g/mol. The molecule has 4 rings (SSSR count). The first-order valence-corrected chi connectivity index (χ1v) is 16.1. The second-order valence-corrected chi connectivity index (χ2v) is 14.4. The van der Waals surface area contributed by atoms with E-state index in [1.165, 1.54) is 75.5 Å². The van der Waals surface area contributed by atoms with Gasteiger partial charge < -0.3 is 0 Å². The maximum atomic E-state index is 13.6. The van der Waals surface area contributed by atoms with Crippen LogP contribution in [-0.2, 0) is 0 Å². The molecule has 0 bridgehead atoms. The molecule has 0 unspecified atom stereocenters. The summed E-state index contributed by atoms with van der Waals surface area (Å²) in [6.07, 6.45) is 15.7. The molecule has 1 aliphatic carbocycles. The van der Waals surface area contributed by atoms with Crippen molar-refractivity contribution in [2.24, 2.45) is 11.8 Å². The average molecular weight is 469 g/mol. The van der Waals surface area contributed by atoms with E-state index in [1.807, 2.05) is 0 Å². The highest BCUT2D eigenvalue weighted by Gasteiger charge is 2.25. The Morgan fingerprint density at radius 2 is 1.36 bits per heavy atom. The Balaban J connectivity index is 1.18. The molecule has 33 heavy (non-hydrogen) atoms. The SMILES string of the molecule is CCCCC[SiH]1CCC(CCC2CCC(c3ccc(-c4ccc(F)c(F)c4)cc3)CC2)CC1. The maximum absolute atomic E-state index is 13.6. The number of halogens is 2. The fourth-order valence-electron chi connectivity index (χ4n) is 6.37. The fourth-order valence-corrected chi connectivity index (χ4v) is 9.99. The molecule has 0 amide bonds. The van der Waals surface area contributed by atoms with Gasteiger partial charge in [0.05, 0.1) is 0 Å². The Morgan fingerprint density at radius 3 is 2.00 bits per heavy atom. The van der Waals surface area contributed by atoms with Crippen molar-refractivity contribution >= 4 is 8.80 Å². The molecule has 2 fully saturated rings. The Hall–Kier alpha value is -1.48. The van der Waals surface area contributed by atoms with Crippen LogP contribution in [0.3, 0.4) is 0 Å². The number of unbranched alkanes of at least 4 members (excludes halogenated alkanes) is 2. The zero-order chi connectivity index (χ0) is 23.0. The lowest BCUT2D eigenvalue weighted by Crippen LogP contribution is -2.22. The third kappa shape index (κ3) is 7.01. The summed E-state index contributed by atoms with van der Waals surface area (Å²) in [5, 5.41) is 0. The first-order valence-electron chi connectivity index (χ1n) is 13.7. The van der Waals surface area contributed by atoms with E-state index in [-0.39, 0.29) is 8.80 Å². The van der Waals surface area contributed by atoms with E-state index >= 15 is 0 Å². The Bertz CT molecular complexity index is 846. The van der Waals surface area contributed by atoms with Crippen LogP contribution in [-0.4, -0.2) is 8.80 Å². The molecule has 0 spiro atoms. The first kappa shape index (κ1) is 24.6. The van der Waals surface area contributed by atoms with Crippen LogP contribution in [0.25, 0.3) is 11.1 Å². The summed E-state index contributed by atoms with van der Waals surface area (Å²) in [5.74, 6) is 1.05. The minimum Gasteiger partial charge on any atom is -0.204 e. The highest BCUT2D eigenvalue weighted by atomic mass is 28.3. The minimum atomic E-state index is -0.788. The van der Waals surface area contributed by atoms with Crippen LogP contribution in [0.5, 0.6) is 0 Å². The smallest absolute Gasteiger partial charge is 0.159 e. The van der Waals surface area contributed by atoms with Gasteiger partial charge in [-0.1, -0.05) is 100 Å². The van der Waals surface area contributed by atoms with E-state index in [0.717, 1.165) is 23.0 Å². The van der Waals surface area contributed by atoms with E-state index < -0.39 is 11.6 Å². The van der Waals surface area contributed by atoms with Crippen LogP contribution in [0.15, 0.2) is 42.5 Å². The van der Waals surface area contributed by atoms with Crippen molar-refractivity contribution in [1.82, 2.24) is 0 Å². The molecule has 1 saturated carbocycles. The van der Waals surface area contributed by atoms with Crippen molar-refractivity contribution in [3.8, 4) is 11.1 Å². The molecule has 0 N–H and O–H groups in total. The van der Waals surface area contributed by atoms with Gasteiger partial charge in [-0.3, -0.25) is 0 Å². The van der Waals surface area contributed by atoms with E-state index in [1.54, 1.807) is 37.0 Å². The van der Waals surface area contributed by atoms with E-state index in [4.69, 9.17) is 0 Å². The third-order valence-corrected chi connectivity index (χ3v) is 12.2. The number of rotatable bonds is 9. The summed E-state index contributed by atoms with van der Waals surface area (Å²) >= 11 is 0. The Kier molecular flexibility index (Phi) is 9.17. The summed E-state index contributed by atoms with van der Waals surface area (Å²) < 4.78 is 26.8. The summed E-state index contributed by atoms with van der Waals surface area (Å²) in [6.45, 7) is 2.32. The molecule has 0 nitrogen and oxygen atoms in total. The summed E-state index contributed by atoms with van der Waals surface area (Å²) in [4.78, 5) is 0. The molecule has 1 saturated heterocycles. The summed E-state index contributed by atoms with van der Waals surface area (Å²) in [6, 6.07) is 17.5. The predicted molar refractivity (Wildman–Crippen MR) is 140 cm³/mol. The third-order valence-electron chi connectivity index (χ3n) is 8.65. The van der Waals surface area contributed by atoms with Gasteiger partial charge in [0.1, 0.15) is 0 Å². The number of benzene rings is 2. The summed E-state index contributed by atoms with van der Waals surface area (Å²) in [7, 11) is -0.363. The zero-order valence-corrected chi connectivity index (χ0v) is 21.7. The minimum absolute atomic E-state index is 0.363. The predicted octanol–water partition coefficient (Wildman–Crippen LogP) is 9.51. The highest BCUT2D eigenvalue weighted by molar-refractivity contribution is 6.58. The first-order chi connectivity index (χ1) is 16.1.